The van der Waals surface area contributed by atoms with Crippen LogP contribution >= 0.6 is 24.0 Å². The number of aliphatic imine (C=N–C) groups is 1. The second-order valence-corrected chi connectivity index (χ2v) is 7.56. The van der Waals surface area contributed by atoms with Gasteiger partial charge in [0.1, 0.15) is 0 Å². The van der Waals surface area contributed by atoms with Crippen molar-refractivity contribution in [1.82, 2.24) is 15.5 Å². The largest absolute Gasteiger partial charge is 0.377 e. The number of ether oxygens (including phenoxy) is 1. The number of hydrogen-bond acceptors (Lipinski definition) is 3. The lowest BCUT2D eigenvalue weighted by molar-refractivity contribution is 0.0267. The van der Waals surface area contributed by atoms with Gasteiger partial charge in [0, 0.05) is 45.9 Å². The maximum absolute atomic E-state index is 5.46. The van der Waals surface area contributed by atoms with Crippen molar-refractivity contribution in [2.75, 3.05) is 27.2 Å². The van der Waals surface area contributed by atoms with Crippen molar-refractivity contribution in [2.45, 2.75) is 57.8 Å². The molecule has 1 aromatic rings. The van der Waals surface area contributed by atoms with Crippen LogP contribution < -0.4 is 10.6 Å². The van der Waals surface area contributed by atoms with E-state index in [0.717, 1.165) is 38.4 Å². The second-order valence-electron chi connectivity index (χ2n) is 7.56. The van der Waals surface area contributed by atoms with Gasteiger partial charge in [0.2, 0.25) is 0 Å². The minimum Gasteiger partial charge on any atom is -0.377 e. The van der Waals surface area contributed by atoms with E-state index in [9.17, 15) is 0 Å². The molecule has 0 bridgehead atoms. The summed E-state index contributed by atoms with van der Waals surface area (Å²) in [6.07, 6.45) is 2.26. The third-order valence-electron chi connectivity index (χ3n) is 5.04. The molecule has 1 aromatic carbocycles. The van der Waals surface area contributed by atoms with Crippen LogP contribution in [-0.4, -0.2) is 55.8 Å². The van der Waals surface area contributed by atoms with Crippen molar-refractivity contribution in [3.63, 3.8) is 0 Å². The topological polar surface area (TPSA) is 48.9 Å². The molecule has 0 amide bonds. The van der Waals surface area contributed by atoms with E-state index in [-0.39, 0.29) is 29.6 Å². The highest BCUT2D eigenvalue weighted by Gasteiger charge is 2.26. The summed E-state index contributed by atoms with van der Waals surface area (Å²) >= 11 is 0. The first-order chi connectivity index (χ1) is 11.9. The molecule has 0 radical (unpaired) electrons. The van der Waals surface area contributed by atoms with Gasteiger partial charge in [0.25, 0.3) is 0 Å². The molecule has 6 heteroatoms. The van der Waals surface area contributed by atoms with Crippen molar-refractivity contribution in [2.24, 2.45) is 4.99 Å². The quantitative estimate of drug-likeness (QED) is 0.378. The molecular formula is C20H35IN4O. The Bertz CT molecular complexity index is 550. The van der Waals surface area contributed by atoms with E-state index >= 15 is 0 Å². The third-order valence-corrected chi connectivity index (χ3v) is 5.04. The molecule has 0 saturated carbocycles. The molecule has 2 atom stereocenters. The number of rotatable bonds is 6. The van der Waals surface area contributed by atoms with Gasteiger partial charge in [0.15, 0.2) is 5.96 Å². The summed E-state index contributed by atoms with van der Waals surface area (Å²) in [5.41, 5.74) is 1.18. The van der Waals surface area contributed by atoms with Crippen LogP contribution in [0.3, 0.4) is 0 Å². The van der Waals surface area contributed by atoms with Crippen molar-refractivity contribution >= 4 is 29.9 Å². The molecule has 2 unspecified atom stereocenters. The number of hydrogen-bond donors (Lipinski definition) is 2. The number of methoxy groups -OCH3 is 1. The first kappa shape index (κ1) is 23.2. The van der Waals surface area contributed by atoms with Crippen molar-refractivity contribution in [3.05, 3.63) is 35.9 Å². The van der Waals surface area contributed by atoms with E-state index in [1.165, 1.54) is 5.56 Å². The van der Waals surface area contributed by atoms with Gasteiger partial charge in [0.05, 0.1) is 5.60 Å². The van der Waals surface area contributed by atoms with Crippen LogP contribution in [0, 0.1) is 0 Å². The first-order valence-corrected chi connectivity index (χ1v) is 9.24. The Hall–Kier alpha value is -0.860. The van der Waals surface area contributed by atoms with Crippen LogP contribution in [0.1, 0.15) is 39.2 Å². The molecular weight excluding hydrogens is 439 g/mol. The van der Waals surface area contributed by atoms with Crippen LogP contribution in [0.5, 0.6) is 0 Å². The number of benzene rings is 1. The van der Waals surface area contributed by atoms with E-state index in [2.05, 4.69) is 71.6 Å². The standard InChI is InChI=1S/C20H34N4O.HI/c1-16-13-18(23-19(21-4)22-15-20(2,3)25-5)11-12-24(16)14-17-9-7-6-8-10-17;/h6-10,16,18H,11-15H2,1-5H3,(H2,21,22,23);1H. The minimum atomic E-state index is -0.204. The van der Waals surface area contributed by atoms with Gasteiger partial charge in [-0.3, -0.25) is 9.89 Å². The zero-order valence-corrected chi connectivity index (χ0v) is 19.1. The molecule has 2 rings (SSSR count). The summed E-state index contributed by atoms with van der Waals surface area (Å²) in [4.78, 5) is 6.92. The van der Waals surface area contributed by atoms with E-state index < -0.39 is 0 Å². The molecule has 2 N–H and O–H groups in total. The van der Waals surface area contributed by atoms with Crippen LogP contribution in [0.15, 0.2) is 35.3 Å². The Labute approximate surface area is 176 Å². The molecule has 1 aliphatic rings. The molecule has 1 fully saturated rings. The molecule has 148 valence electrons. The molecule has 0 aromatic heterocycles. The van der Waals surface area contributed by atoms with Crippen molar-refractivity contribution in [1.29, 1.82) is 0 Å². The van der Waals surface area contributed by atoms with Crippen molar-refractivity contribution in [3.8, 4) is 0 Å². The lowest BCUT2D eigenvalue weighted by Crippen LogP contribution is -2.53. The maximum Gasteiger partial charge on any atom is 0.191 e. The minimum absolute atomic E-state index is 0. The lowest BCUT2D eigenvalue weighted by Gasteiger charge is -2.38. The summed E-state index contributed by atoms with van der Waals surface area (Å²) in [5.74, 6) is 0.860. The zero-order chi connectivity index (χ0) is 18.3. The number of likely N-dealkylation sites (tertiary alicyclic amines) is 1. The van der Waals surface area contributed by atoms with Gasteiger partial charge in [-0.2, -0.15) is 0 Å². The highest BCUT2D eigenvalue weighted by molar-refractivity contribution is 14.0. The average Bonchev–Trinajstić information content (AvgIpc) is 2.61. The highest BCUT2D eigenvalue weighted by atomic mass is 127. The number of guanidine groups is 1. The molecule has 1 aliphatic heterocycles. The van der Waals surface area contributed by atoms with E-state index in [1.807, 2.05) is 7.05 Å². The Balaban J connectivity index is 0.00000338. The Kier molecular flexibility index (Phi) is 9.89. The van der Waals surface area contributed by atoms with Crippen LogP contribution in [-0.2, 0) is 11.3 Å². The summed E-state index contributed by atoms with van der Waals surface area (Å²) in [7, 11) is 3.56. The van der Waals surface area contributed by atoms with Gasteiger partial charge in [-0.25, -0.2) is 0 Å². The Morgan fingerprint density at radius 3 is 2.58 bits per heavy atom. The number of halogens is 1. The number of nitrogens with one attached hydrogen (secondary N) is 2. The fourth-order valence-electron chi connectivity index (χ4n) is 3.16. The van der Waals surface area contributed by atoms with Gasteiger partial charge in [-0.15, -0.1) is 24.0 Å². The molecule has 0 aliphatic carbocycles. The maximum atomic E-state index is 5.46. The molecule has 0 spiro atoms. The number of nitrogens with zero attached hydrogens (tertiary/aromatic N) is 2. The van der Waals surface area contributed by atoms with E-state index in [0.29, 0.717) is 12.1 Å². The number of piperidine rings is 1. The normalized spacial score (nSPS) is 21.8. The van der Waals surface area contributed by atoms with E-state index in [1.54, 1.807) is 7.11 Å². The molecule has 26 heavy (non-hydrogen) atoms. The van der Waals surface area contributed by atoms with Gasteiger partial charge >= 0.3 is 0 Å². The first-order valence-electron chi connectivity index (χ1n) is 9.24. The second kappa shape index (κ2) is 11.1. The summed E-state index contributed by atoms with van der Waals surface area (Å²) in [5, 5.41) is 6.95. The van der Waals surface area contributed by atoms with Crippen LogP contribution in [0.2, 0.25) is 0 Å². The average molecular weight is 474 g/mol. The predicted octanol–water partition coefficient (Wildman–Crippen LogP) is 3.25. The molecule has 5 nitrogen and oxygen atoms in total. The molecule has 1 heterocycles. The van der Waals surface area contributed by atoms with Crippen molar-refractivity contribution < 1.29 is 4.74 Å². The predicted molar refractivity (Wildman–Crippen MR) is 120 cm³/mol. The van der Waals surface area contributed by atoms with Crippen LogP contribution in [0.25, 0.3) is 0 Å². The SMILES string of the molecule is CN=C(NCC(C)(C)OC)NC1CCN(Cc2ccccc2)C(C)C1.I. The monoisotopic (exact) mass is 474 g/mol. The summed E-state index contributed by atoms with van der Waals surface area (Å²) in [6.45, 7) is 9.32. The fourth-order valence-corrected chi connectivity index (χ4v) is 3.16. The van der Waals surface area contributed by atoms with Gasteiger partial charge < -0.3 is 15.4 Å². The van der Waals surface area contributed by atoms with Gasteiger partial charge in [-0.05, 0) is 39.2 Å². The summed E-state index contributed by atoms with van der Waals surface area (Å²) < 4.78 is 5.46. The highest BCUT2D eigenvalue weighted by Crippen LogP contribution is 2.20. The van der Waals surface area contributed by atoms with Crippen LogP contribution in [0.4, 0.5) is 0 Å². The lowest BCUT2D eigenvalue weighted by atomic mass is 9.97. The third kappa shape index (κ3) is 7.40. The Morgan fingerprint density at radius 1 is 1.31 bits per heavy atom. The zero-order valence-electron chi connectivity index (χ0n) is 16.8. The van der Waals surface area contributed by atoms with Gasteiger partial charge in [-0.1, -0.05) is 30.3 Å². The fraction of sp³-hybridized carbons (Fsp3) is 0.650. The smallest absolute Gasteiger partial charge is 0.191 e. The Morgan fingerprint density at radius 2 is 2.00 bits per heavy atom. The molecule has 1 saturated heterocycles. The van der Waals surface area contributed by atoms with E-state index in [4.69, 9.17) is 4.74 Å². The summed E-state index contributed by atoms with van der Waals surface area (Å²) in [6, 6.07) is 11.7.